The predicted molar refractivity (Wildman–Crippen MR) is 59.5 cm³/mol. The van der Waals surface area contributed by atoms with E-state index >= 15 is 0 Å². The lowest BCUT2D eigenvalue weighted by atomic mass is 9.96. The molecule has 0 bridgehead atoms. The van der Waals surface area contributed by atoms with Crippen molar-refractivity contribution in [3.8, 4) is 0 Å². The number of hydrogen-bond donors (Lipinski definition) is 0. The largest absolute Gasteiger partial charge is 0.330 e. The molecule has 0 radical (unpaired) electrons. The molecule has 1 heterocycles. The van der Waals surface area contributed by atoms with E-state index in [9.17, 15) is 9.59 Å². The van der Waals surface area contributed by atoms with Crippen LogP contribution in [0.4, 0.5) is 0 Å². The molecule has 0 N–H and O–H groups in total. The van der Waals surface area contributed by atoms with Gasteiger partial charge in [0, 0.05) is 18.9 Å². The van der Waals surface area contributed by atoms with Crippen LogP contribution in [0.2, 0.25) is 0 Å². The van der Waals surface area contributed by atoms with Crippen LogP contribution >= 0.6 is 0 Å². The van der Waals surface area contributed by atoms with Crippen LogP contribution in [-0.2, 0) is 9.59 Å². The molecule has 1 aliphatic rings. The van der Waals surface area contributed by atoms with Gasteiger partial charge >= 0.3 is 0 Å². The number of Topliss-reactive ketones (excluding diaryl/α,β-unsaturated/α-hetero) is 1. The average molecular weight is 211 g/mol. The topological polar surface area (TPSA) is 37.4 Å². The highest BCUT2D eigenvalue weighted by molar-refractivity contribution is 5.95. The van der Waals surface area contributed by atoms with E-state index in [2.05, 4.69) is 0 Å². The van der Waals surface area contributed by atoms with Crippen molar-refractivity contribution in [1.29, 1.82) is 0 Å². The lowest BCUT2D eigenvalue weighted by molar-refractivity contribution is -0.142. The van der Waals surface area contributed by atoms with Crippen molar-refractivity contribution in [3.63, 3.8) is 0 Å². The highest BCUT2D eigenvalue weighted by atomic mass is 16.2. The van der Waals surface area contributed by atoms with E-state index in [-0.39, 0.29) is 17.6 Å². The normalized spacial score (nSPS) is 20.1. The molecule has 0 aliphatic carbocycles. The molecule has 0 saturated carbocycles. The Morgan fingerprint density at radius 2 is 1.93 bits per heavy atom. The van der Waals surface area contributed by atoms with Crippen molar-refractivity contribution in [2.24, 2.45) is 5.92 Å². The van der Waals surface area contributed by atoms with Gasteiger partial charge in [0.25, 0.3) is 0 Å². The van der Waals surface area contributed by atoms with Crippen molar-refractivity contribution in [1.82, 2.24) is 4.90 Å². The number of rotatable bonds is 3. The molecular weight excluding hydrogens is 190 g/mol. The van der Waals surface area contributed by atoms with E-state index in [4.69, 9.17) is 0 Å². The van der Waals surface area contributed by atoms with E-state index in [1.807, 2.05) is 27.7 Å². The van der Waals surface area contributed by atoms with Crippen molar-refractivity contribution in [3.05, 3.63) is 0 Å². The summed E-state index contributed by atoms with van der Waals surface area (Å²) < 4.78 is 0. The Kier molecular flexibility index (Phi) is 3.53. The van der Waals surface area contributed by atoms with Crippen LogP contribution in [0.1, 0.15) is 47.0 Å². The molecule has 3 nitrogen and oxygen atoms in total. The Balaban J connectivity index is 2.81. The van der Waals surface area contributed by atoms with Crippen molar-refractivity contribution >= 4 is 11.7 Å². The van der Waals surface area contributed by atoms with Gasteiger partial charge in [-0.2, -0.15) is 0 Å². The van der Waals surface area contributed by atoms with Gasteiger partial charge < -0.3 is 4.90 Å². The van der Waals surface area contributed by atoms with Crippen molar-refractivity contribution in [2.45, 2.75) is 52.5 Å². The van der Waals surface area contributed by atoms with Gasteiger partial charge in [-0.3, -0.25) is 9.59 Å². The maximum atomic E-state index is 12.1. The molecule has 0 aromatic rings. The van der Waals surface area contributed by atoms with Crippen LogP contribution < -0.4 is 0 Å². The van der Waals surface area contributed by atoms with E-state index in [0.717, 1.165) is 12.8 Å². The molecule has 3 heteroatoms. The monoisotopic (exact) mass is 211 g/mol. The van der Waals surface area contributed by atoms with E-state index in [1.165, 1.54) is 0 Å². The zero-order valence-electron chi connectivity index (χ0n) is 10.2. The molecule has 0 spiro atoms. The summed E-state index contributed by atoms with van der Waals surface area (Å²) in [6.07, 6.45) is 2.23. The number of hydrogen-bond acceptors (Lipinski definition) is 2. The molecule has 1 saturated heterocycles. The summed E-state index contributed by atoms with van der Waals surface area (Å²) in [5.41, 5.74) is -0.584. The summed E-state index contributed by atoms with van der Waals surface area (Å²) in [4.78, 5) is 25.5. The molecule has 0 unspecified atom stereocenters. The molecule has 15 heavy (non-hydrogen) atoms. The third-order valence-electron chi connectivity index (χ3n) is 3.52. The van der Waals surface area contributed by atoms with Crippen molar-refractivity contribution in [2.75, 3.05) is 6.54 Å². The summed E-state index contributed by atoms with van der Waals surface area (Å²) in [7, 11) is 0. The second-order valence-electron chi connectivity index (χ2n) is 4.74. The van der Waals surface area contributed by atoms with Gasteiger partial charge in [-0.05, 0) is 26.7 Å². The zero-order chi connectivity index (χ0) is 11.6. The standard InChI is InChI=1S/C12H21NO2/c1-5-9(6-2)11(15)13-8-7-10(14)12(13,3)4/h9H,5-8H2,1-4H3. The minimum Gasteiger partial charge on any atom is -0.330 e. The second-order valence-corrected chi connectivity index (χ2v) is 4.74. The maximum Gasteiger partial charge on any atom is 0.226 e. The Hall–Kier alpha value is -0.860. The molecule has 0 aromatic carbocycles. The second kappa shape index (κ2) is 4.33. The average Bonchev–Trinajstić information content (AvgIpc) is 2.44. The molecule has 0 atom stereocenters. The van der Waals surface area contributed by atoms with Crippen LogP contribution in [0.5, 0.6) is 0 Å². The minimum absolute atomic E-state index is 0.0789. The van der Waals surface area contributed by atoms with Gasteiger partial charge in [-0.1, -0.05) is 13.8 Å². The van der Waals surface area contributed by atoms with E-state index in [0.29, 0.717) is 13.0 Å². The van der Waals surface area contributed by atoms with Gasteiger partial charge in [0.15, 0.2) is 5.78 Å². The van der Waals surface area contributed by atoms with Crippen molar-refractivity contribution < 1.29 is 9.59 Å². The fourth-order valence-electron chi connectivity index (χ4n) is 2.19. The van der Waals surface area contributed by atoms with Crippen LogP contribution in [0.15, 0.2) is 0 Å². The third kappa shape index (κ3) is 2.06. The maximum absolute atomic E-state index is 12.1. The summed E-state index contributed by atoms with van der Waals surface area (Å²) in [5, 5.41) is 0. The first-order valence-electron chi connectivity index (χ1n) is 5.79. The number of ketones is 1. The van der Waals surface area contributed by atoms with Crippen LogP contribution in [0, 0.1) is 5.92 Å². The smallest absolute Gasteiger partial charge is 0.226 e. The number of nitrogens with zero attached hydrogens (tertiary/aromatic N) is 1. The number of carbonyl (C=O) groups excluding carboxylic acids is 2. The first kappa shape index (κ1) is 12.2. The summed E-state index contributed by atoms with van der Waals surface area (Å²) in [5.74, 6) is 0.410. The molecule has 1 amide bonds. The Bertz CT molecular complexity index is 267. The predicted octanol–water partition coefficient (Wildman–Crippen LogP) is 2.00. The first-order valence-corrected chi connectivity index (χ1v) is 5.79. The third-order valence-corrected chi connectivity index (χ3v) is 3.52. The van der Waals surface area contributed by atoms with Gasteiger partial charge in [0.1, 0.15) is 0 Å². The highest BCUT2D eigenvalue weighted by Crippen LogP contribution is 2.28. The van der Waals surface area contributed by atoms with E-state index in [1.54, 1.807) is 4.90 Å². The molecule has 0 aromatic heterocycles. The molecule has 1 fully saturated rings. The lowest BCUT2D eigenvalue weighted by Crippen LogP contribution is -2.48. The Labute approximate surface area is 91.8 Å². The minimum atomic E-state index is -0.584. The van der Waals surface area contributed by atoms with Crippen LogP contribution in [0.3, 0.4) is 0 Å². The molecule has 86 valence electrons. The zero-order valence-corrected chi connectivity index (χ0v) is 10.2. The molecular formula is C12H21NO2. The van der Waals surface area contributed by atoms with Crippen LogP contribution in [0.25, 0.3) is 0 Å². The molecule has 1 rings (SSSR count). The van der Waals surface area contributed by atoms with Gasteiger partial charge in [0.05, 0.1) is 5.54 Å². The quantitative estimate of drug-likeness (QED) is 0.716. The molecule has 1 aliphatic heterocycles. The highest BCUT2D eigenvalue weighted by Gasteiger charge is 2.43. The summed E-state index contributed by atoms with van der Waals surface area (Å²) in [6.45, 7) is 8.35. The SMILES string of the molecule is CCC(CC)C(=O)N1CCC(=O)C1(C)C. The van der Waals surface area contributed by atoms with E-state index < -0.39 is 5.54 Å². The first-order chi connectivity index (χ1) is 6.95. The number of amides is 1. The van der Waals surface area contributed by atoms with Crippen LogP contribution in [-0.4, -0.2) is 28.7 Å². The Morgan fingerprint density at radius 3 is 2.27 bits per heavy atom. The fourth-order valence-corrected chi connectivity index (χ4v) is 2.19. The van der Waals surface area contributed by atoms with Gasteiger partial charge in [0.2, 0.25) is 5.91 Å². The van der Waals surface area contributed by atoms with Gasteiger partial charge in [-0.25, -0.2) is 0 Å². The summed E-state index contributed by atoms with van der Waals surface area (Å²) in [6, 6.07) is 0. The fraction of sp³-hybridized carbons (Fsp3) is 0.833. The number of likely N-dealkylation sites (tertiary alicyclic amines) is 1. The lowest BCUT2D eigenvalue weighted by Gasteiger charge is -2.32. The van der Waals surface area contributed by atoms with Gasteiger partial charge in [-0.15, -0.1) is 0 Å². The Morgan fingerprint density at radius 1 is 1.40 bits per heavy atom. The number of carbonyl (C=O) groups is 2. The summed E-state index contributed by atoms with van der Waals surface area (Å²) >= 11 is 0.